The van der Waals surface area contributed by atoms with E-state index in [2.05, 4.69) is 33.8 Å². The van der Waals surface area contributed by atoms with E-state index in [0.717, 1.165) is 41.7 Å². The minimum absolute atomic E-state index is 0.0528. The first-order valence-corrected chi connectivity index (χ1v) is 11.7. The fraction of sp³-hybridized carbons (Fsp3) is 0.684. The van der Waals surface area contributed by atoms with E-state index in [1.807, 2.05) is 13.8 Å². The lowest BCUT2D eigenvalue weighted by atomic mass is 9.85. The molecule has 1 aliphatic rings. The second-order valence-electron chi connectivity index (χ2n) is 8.20. The summed E-state index contributed by atoms with van der Waals surface area (Å²) in [5.74, 6) is 1.48. The fourth-order valence-corrected chi connectivity index (χ4v) is 4.50. The van der Waals surface area contributed by atoms with Crippen molar-refractivity contribution in [2.45, 2.75) is 59.0 Å². The molecule has 1 aromatic carbocycles. The van der Waals surface area contributed by atoms with Gasteiger partial charge in [0.25, 0.3) is 0 Å². The first kappa shape index (κ1) is 17.6. The Balaban J connectivity index is 2.20. The molecule has 0 aliphatic carbocycles. The van der Waals surface area contributed by atoms with Crippen LogP contribution < -0.4 is 4.74 Å². The number of benzene rings is 1. The lowest BCUT2D eigenvalue weighted by molar-refractivity contribution is 0.0544. The van der Waals surface area contributed by atoms with Gasteiger partial charge < -0.3 is 9.84 Å². The number of phenols is 1. The third-order valence-corrected chi connectivity index (χ3v) is 6.78. The molecule has 0 aromatic heterocycles. The predicted molar refractivity (Wildman–Crippen MR) is 98.5 cm³/mol. The molecule has 0 radical (unpaired) electrons. The predicted octanol–water partition coefficient (Wildman–Crippen LogP) is 5.09. The highest BCUT2D eigenvalue weighted by molar-refractivity contribution is 7.73. The minimum atomic E-state index is -0.700. The van der Waals surface area contributed by atoms with Crippen LogP contribution in [0.4, 0.5) is 0 Å². The van der Waals surface area contributed by atoms with Crippen molar-refractivity contribution in [2.24, 2.45) is 0 Å². The van der Waals surface area contributed by atoms with Crippen LogP contribution in [0.25, 0.3) is 0 Å². The summed E-state index contributed by atoms with van der Waals surface area (Å²) in [7, 11) is -0.700. The van der Waals surface area contributed by atoms with Crippen molar-refractivity contribution in [3.8, 4) is 11.5 Å². The van der Waals surface area contributed by atoms with Gasteiger partial charge in [-0.2, -0.15) is 0 Å². The zero-order chi connectivity index (χ0) is 16.7. The van der Waals surface area contributed by atoms with E-state index in [0.29, 0.717) is 5.75 Å². The van der Waals surface area contributed by atoms with E-state index in [1.54, 1.807) is 0 Å². The summed E-state index contributed by atoms with van der Waals surface area (Å²) in [6.07, 6.45) is 5.77. The van der Waals surface area contributed by atoms with E-state index in [-0.39, 0.29) is 5.60 Å². The molecule has 2 rings (SSSR count). The Kier molecular flexibility index (Phi) is 4.83. The van der Waals surface area contributed by atoms with Gasteiger partial charge in [-0.05, 0) is 70.1 Å². The second-order valence-corrected chi connectivity index (χ2v) is 13.2. The molecular formula is C19H32O2P+. The fourth-order valence-electron chi connectivity index (χ4n) is 3.40. The van der Waals surface area contributed by atoms with Crippen molar-refractivity contribution in [2.75, 3.05) is 26.2 Å². The molecule has 0 bridgehead atoms. The highest BCUT2D eigenvalue weighted by Gasteiger charge is 2.34. The number of aromatic hydroxyl groups is 1. The number of phenolic OH excluding ortho intramolecular Hbond substituents is 1. The van der Waals surface area contributed by atoms with E-state index >= 15 is 0 Å². The molecule has 0 fully saturated rings. The number of fused-ring (bicyclic) bond motifs is 1. The minimum Gasteiger partial charge on any atom is -0.507 e. The zero-order valence-corrected chi connectivity index (χ0v) is 16.2. The molecule has 1 atom stereocenters. The maximum atomic E-state index is 10.3. The molecule has 2 nitrogen and oxygen atoms in total. The van der Waals surface area contributed by atoms with E-state index < -0.39 is 7.26 Å². The van der Waals surface area contributed by atoms with Crippen molar-refractivity contribution >= 4 is 7.26 Å². The van der Waals surface area contributed by atoms with E-state index in [4.69, 9.17) is 4.74 Å². The van der Waals surface area contributed by atoms with Crippen LogP contribution in [0, 0.1) is 20.8 Å². The molecule has 0 saturated heterocycles. The van der Waals surface area contributed by atoms with Crippen LogP contribution >= 0.6 is 7.26 Å². The Hall–Kier alpha value is -0.750. The Morgan fingerprint density at radius 3 is 2.32 bits per heavy atom. The molecule has 124 valence electrons. The maximum Gasteiger partial charge on any atom is 0.127 e. The highest BCUT2D eigenvalue weighted by atomic mass is 31.2. The molecule has 1 aliphatic heterocycles. The lowest BCUT2D eigenvalue weighted by Gasteiger charge is -2.38. The average molecular weight is 323 g/mol. The van der Waals surface area contributed by atoms with Gasteiger partial charge in [0, 0.05) is 32.8 Å². The summed E-state index contributed by atoms with van der Waals surface area (Å²) in [5.41, 5.74) is 4.22. The van der Waals surface area contributed by atoms with E-state index in [9.17, 15) is 5.11 Å². The van der Waals surface area contributed by atoms with Crippen molar-refractivity contribution in [3.05, 3.63) is 22.3 Å². The van der Waals surface area contributed by atoms with Gasteiger partial charge in [0.15, 0.2) is 0 Å². The Morgan fingerprint density at radius 1 is 1.09 bits per heavy atom. The van der Waals surface area contributed by atoms with Crippen molar-refractivity contribution < 1.29 is 9.84 Å². The summed E-state index contributed by atoms with van der Waals surface area (Å²) in [4.78, 5) is 0. The molecule has 0 spiro atoms. The molecule has 0 saturated carbocycles. The molecule has 1 unspecified atom stereocenters. The van der Waals surface area contributed by atoms with Crippen LogP contribution in [-0.2, 0) is 6.42 Å². The van der Waals surface area contributed by atoms with Crippen molar-refractivity contribution in [1.82, 2.24) is 0 Å². The summed E-state index contributed by atoms with van der Waals surface area (Å²) >= 11 is 0. The van der Waals surface area contributed by atoms with Gasteiger partial charge in [-0.15, -0.1) is 0 Å². The highest BCUT2D eigenvalue weighted by Crippen LogP contribution is 2.49. The summed E-state index contributed by atoms with van der Waals surface area (Å²) in [5, 5.41) is 10.3. The molecule has 1 N–H and O–H groups in total. The number of rotatable bonds is 4. The van der Waals surface area contributed by atoms with Gasteiger partial charge in [-0.3, -0.25) is 0 Å². The molecule has 1 heterocycles. The third-order valence-electron chi connectivity index (χ3n) is 5.13. The summed E-state index contributed by atoms with van der Waals surface area (Å²) < 4.78 is 6.48. The van der Waals surface area contributed by atoms with Gasteiger partial charge in [0.2, 0.25) is 0 Å². The monoisotopic (exact) mass is 323 g/mol. The normalized spacial score (nSPS) is 21.4. The van der Waals surface area contributed by atoms with Gasteiger partial charge in [0.05, 0.1) is 6.16 Å². The zero-order valence-electron chi connectivity index (χ0n) is 15.3. The third kappa shape index (κ3) is 3.59. The Bertz CT molecular complexity index is 572. The molecule has 3 heteroatoms. The standard InChI is InChI=1S/C19H31O2P/c1-13-14(2)18-16(15(3)17(13)20)9-11-19(4,21-18)10-8-12-22(5,6)7/h8-12H2,1-7H3/p+1. The number of hydrogen-bond acceptors (Lipinski definition) is 2. The van der Waals surface area contributed by atoms with Crippen LogP contribution in [-0.4, -0.2) is 36.9 Å². The van der Waals surface area contributed by atoms with Crippen molar-refractivity contribution in [1.29, 1.82) is 0 Å². The molecule has 1 aromatic rings. The first-order chi connectivity index (χ1) is 10.0. The molecule has 0 amide bonds. The SMILES string of the molecule is Cc1c(C)c2c(c(C)c1O)CCC(C)(CCC[P+](C)(C)C)O2. The Morgan fingerprint density at radius 2 is 1.73 bits per heavy atom. The van der Waals surface area contributed by atoms with Crippen LogP contribution in [0.15, 0.2) is 0 Å². The van der Waals surface area contributed by atoms with Crippen molar-refractivity contribution in [3.63, 3.8) is 0 Å². The molecular weight excluding hydrogens is 291 g/mol. The van der Waals surface area contributed by atoms with Gasteiger partial charge in [0.1, 0.15) is 17.1 Å². The quantitative estimate of drug-likeness (QED) is 0.782. The Labute approximate surface area is 136 Å². The smallest absolute Gasteiger partial charge is 0.127 e. The maximum absolute atomic E-state index is 10.3. The number of ether oxygens (including phenoxy) is 1. The van der Waals surface area contributed by atoms with Crippen LogP contribution in [0.1, 0.15) is 48.4 Å². The van der Waals surface area contributed by atoms with Crippen LogP contribution in [0.5, 0.6) is 11.5 Å². The first-order valence-electron chi connectivity index (χ1n) is 8.35. The van der Waals surface area contributed by atoms with Crippen LogP contribution in [0.2, 0.25) is 0 Å². The van der Waals surface area contributed by atoms with Crippen LogP contribution in [0.3, 0.4) is 0 Å². The molecule has 22 heavy (non-hydrogen) atoms. The summed E-state index contributed by atoms with van der Waals surface area (Å²) in [6, 6.07) is 0. The van der Waals surface area contributed by atoms with Gasteiger partial charge in [-0.25, -0.2) is 0 Å². The van der Waals surface area contributed by atoms with Gasteiger partial charge in [-0.1, -0.05) is 0 Å². The topological polar surface area (TPSA) is 29.5 Å². The summed E-state index contributed by atoms with van der Waals surface area (Å²) in [6.45, 7) is 15.5. The largest absolute Gasteiger partial charge is 0.507 e. The van der Waals surface area contributed by atoms with Gasteiger partial charge >= 0.3 is 0 Å². The van der Waals surface area contributed by atoms with E-state index in [1.165, 1.54) is 18.1 Å². The lowest BCUT2D eigenvalue weighted by Crippen LogP contribution is -2.37. The number of hydrogen-bond donors (Lipinski definition) is 1. The second kappa shape index (κ2) is 6.04. The average Bonchev–Trinajstić information content (AvgIpc) is 2.41.